The van der Waals surface area contributed by atoms with Crippen molar-refractivity contribution < 1.29 is 39.3 Å². The summed E-state index contributed by atoms with van der Waals surface area (Å²) < 4.78 is -0.199. The van der Waals surface area contributed by atoms with E-state index in [4.69, 9.17) is 10.2 Å². The quantitative estimate of drug-likeness (QED) is 0.655. The summed E-state index contributed by atoms with van der Waals surface area (Å²) in [5, 5.41) is 39.4. The second-order valence-electron chi connectivity index (χ2n) is 4.94. The fourth-order valence-electron chi connectivity index (χ4n) is 2.51. The molecule has 0 unspecified atom stereocenters. The highest BCUT2D eigenvalue weighted by Crippen LogP contribution is 2.37. The predicted molar refractivity (Wildman–Crippen MR) is 76.0 cm³/mol. The van der Waals surface area contributed by atoms with Gasteiger partial charge in [-0.3, -0.25) is 9.59 Å². The SMILES string of the molecule is O=C(O)c1cc(C(=O)O)c2c(n1)C(=O)C(=O)c1cc(C(=O)O)n([O-])c1-2. The molecule has 0 atom stereocenters. The lowest BCUT2D eigenvalue weighted by molar-refractivity contribution is 0.0675. The lowest BCUT2D eigenvalue weighted by Crippen LogP contribution is -2.26. The van der Waals surface area contributed by atoms with Crippen molar-refractivity contribution in [1.82, 2.24) is 9.71 Å². The van der Waals surface area contributed by atoms with Gasteiger partial charge in [0.05, 0.1) is 16.8 Å². The Kier molecular flexibility index (Phi) is 3.17. The molecule has 25 heavy (non-hydrogen) atoms. The number of rotatable bonds is 3. The molecule has 2 heterocycles. The van der Waals surface area contributed by atoms with E-state index in [1.54, 1.807) is 0 Å². The average molecular weight is 345 g/mol. The summed E-state index contributed by atoms with van der Waals surface area (Å²) in [6.45, 7) is 0. The van der Waals surface area contributed by atoms with Crippen LogP contribution in [0.4, 0.5) is 0 Å². The Bertz CT molecular complexity index is 1030. The third-order valence-corrected chi connectivity index (χ3v) is 3.55. The fraction of sp³-hybridized carbons (Fsp3) is 0. The Hall–Kier alpha value is -4.02. The summed E-state index contributed by atoms with van der Waals surface area (Å²) in [5.41, 5.74) is -5.16. The maximum atomic E-state index is 12.2. The molecule has 0 aliphatic heterocycles. The van der Waals surface area contributed by atoms with Crippen molar-refractivity contribution in [2.75, 3.05) is 0 Å². The van der Waals surface area contributed by atoms with Gasteiger partial charge in [0.2, 0.25) is 5.78 Å². The maximum Gasteiger partial charge on any atom is 0.354 e. The highest BCUT2D eigenvalue weighted by Gasteiger charge is 2.38. The number of ketones is 2. The highest BCUT2D eigenvalue weighted by atomic mass is 16.5. The average Bonchev–Trinajstić information content (AvgIpc) is 2.89. The zero-order chi connectivity index (χ0) is 18.6. The summed E-state index contributed by atoms with van der Waals surface area (Å²) in [6, 6.07) is 1.27. The smallest absolute Gasteiger partial charge is 0.354 e. The minimum Gasteiger partial charge on any atom is -0.805 e. The lowest BCUT2D eigenvalue weighted by Gasteiger charge is -2.22. The number of carboxylic acid groups (broad SMARTS) is 3. The van der Waals surface area contributed by atoms with Gasteiger partial charge in [0.15, 0.2) is 0 Å². The number of nitrogens with zero attached hydrogens (tertiary/aromatic N) is 2. The van der Waals surface area contributed by atoms with Crippen molar-refractivity contribution >= 4 is 29.5 Å². The Morgan fingerprint density at radius 1 is 0.960 bits per heavy atom. The number of pyridine rings is 1. The standard InChI is InChI=1S/C14H5N2O9/c17-10-4-2-6(14(23)24)16(25)9(4)7-3(12(19)20)1-5(13(21)22)15-8(7)11(10)18/h1-2H,(H,19,20)(H,21,22)(H,23,24)/q-1. The van der Waals surface area contributed by atoms with E-state index in [-0.39, 0.29) is 4.73 Å². The van der Waals surface area contributed by atoms with Gasteiger partial charge >= 0.3 is 17.9 Å². The van der Waals surface area contributed by atoms with Crippen LogP contribution in [0.5, 0.6) is 0 Å². The van der Waals surface area contributed by atoms with E-state index in [1.807, 2.05) is 0 Å². The molecule has 0 fully saturated rings. The molecule has 0 bridgehead atoms. The van der Waals surface area contributed by atoms with Crippen LogP contribution in [0.3, 0.4) is 0 Å². The number of carbonyl (C=O) groups is 5. The van der Waals surface area contributed by atoms with Gasteiger partial charge in [-0.15, -0.1) is 0 Å². The van der Waals surface area contributed by atoms with Gasteiger partial charge in [-0.25, -0.2) is 19.4 Å². The van der Waals surface area contributed by atoms with E-state index in [0.29, 0.717) is 12.1 Å². The van der Waals surface area contributed by atoms with E-state index in [2.05, 4.69) is 4.98 Å². The molecule has 11 nitrogen and oxygen atoms in total. The molecule has 0 spiro atoms. The lowest BCUT2D eigenvalue weighted by atomic mass is 9.88. The summed E-state index contributed by atoms with van der Waals surface area (Å²) in [5.74, 6) is -7.66. The van der Waals surface area contributed by atoms with Gasteiger partial charge in [0.25, 0.3) is 5.78 Å². The molecular formula is C14H5N2O9-. The molecule has 0 saturated carbocycles. The molecular weight excluding hydrogens is 340 g/mol. The number of aromatic carboxylic acids is 3. The summed E-state index contributed by atoms with van der Waals surface area (Å²) >= 11 is 0. The van der Waals surface area contributed by atoms with Crippen molar-refractivity contribution in [3.63, 3.8) is 0 Å². The first-order valence-corrected chi connectivity index (χ1v) is 6.42. The van der Waals surface area contributed by atoms with Crippen LogP contribution < -0.4 is 0 Å². The maximum absolute atomic E-state index is 12.2. The normalized spacial score (nSPS) is 12.5. The molecule has 0 saturated heterocycles. The molecule has 0 aromatic carbocycles. The largest absolute Gasteiger partial charge is 0.805 e. The number of carbonyl (C=O) groups excluding carboxylic acids is 2. The van der Waals surface area contributed by atoms with Crippen LogP contribution in [0.25, 0.3) is 11.3 Å². The third-order valence-electron chi connectivity index (χ3n) is 3.55. The van der Waals surface area contributed by atoms with Crippen LogP contribution in [0.15, 0.2) is 12.1 Å². The van der Waals surface area contributed by atoms with Gasteiger partial charge in [0.1, 0.15) is 17.1 Å². The van der Waals surface area contributed by atoms with Crippen LogP contribution in [0.1, 0.15) is 52.2 Å². The Morgan fingerprint density at radius 3 is 2.12 bits per heavy atom. The van der Waals surface area contributed by atoms with Gasteiger partial charge in [-0.1, -0.05) is 0 Å². The molecule has 2 aromatic heterocycles. The predicted octanol–water partition coefficient (Wildman–Crippen LogP) is 0.370. The van der Waals surface area contributed by atoms with E-state index < -0.39 is 68.9 Å². The van der Waals surface area contributed by atoms with Crippen molar-refractivity contribution in [2.24, 2.45) is 0 Å². The van der Waals surface area contributed by atoms with Crippen molar-refractivity contribution in [2.45, 2.75) is 0 Å². The summed E-state index contributed by atoms with van der Waals surface area (Å²) in [4.78, 5) is 61.3. The first-order valence-electron chi connectivity index (χ1n) is 6.42. The number of fused-ring (bicyclic) bond motifs is 3. The van der Waals surface area contributed by atoms with E-state index >= 15 is 0 Å². The second kappa shape index (κ2) is 4.99. The molecule has 0 amide bonds. The monoisotopic (exact) mass is 345 g/mol. The van der Waals surface area contributed by atoms with E-state index in [0.717, 1.165) is 0 Å². The van der Waals surface area contributed by atoms with Gasteiger partial charge < -0.3 is 25.3 Å². The number of aromatic nitrogens is 2. The van der Waals surface area contributed by atoms with E-state index in [9.17, 15) is 34.3 Å². The molecule has 2 aromatic rings. The van der Waals surface area contributed by atoms with Crippen LogP contribution in [-0.4, -0.2) is 54.5 Å². The molecule has 1 aliphatic carbocycles. The Labute approximate surface area is 136 Å². The molecule has 0 radical (unpaired) electrons. The van der Waals surface area contributed by atoms with E-state index in [1.165, 1.54) is 0 Å². The molecule has 3 N–H and O–H groups in total. The minimum absolute atomic E-state index is 0.199. The number of Topliss-reactive ketones (excluding diaryl/α,β-unsaturated/α-hetero) is 2. The second-order valence-corrected chi connectivity index (χ2v) is 4.94. The topological polar surface area (TPSA) is 187 Å². The van der Waals surface area contributed by atoms with Gasteiger partial charge in [-0.05, 0) is 12.1 Å². The van der Waals surface area contributed by atoms with Crippen molar-refractivity contribution in [1.29, 1.82) is 0 Å². The van der Waals surface area contributed by atoms with Crippen LogP contribution >= 0.6 is 0 Å². The number of carboxylic acids is 3. The van der Waals surface area contributed by atoms with Gasteiger partial charge in [0, 0.05) is 5.56 Å². The fourth-order valence-corrected chi connectivity index (χ4v) is 2.51. The van der Waals surface area contributed by atoms with Crippen LogP contribution in [0.2, 0.25) is 0 Å². The minimum atomic E-state index is -1.70. The number of hydrogen-bond acceptors (Lipinski definition) is 7. The summed E-state index contributed by atoms with van der Waals surface area (Å²) in [6.07, 6.45) is 0. The van der Waals surface area contributed by atoms with Crippen LogP contribution in [-0.2, 0) is 0 Å². The summed E-state index contributed by atoms with van der Waals surface area (Å²) in [7, 11) is 0. The van der Waals surface area contributed by atoms with Crippen molar-refractivity contribution in [3.8, 4) is 11.3 Å². The molecule has 126 valence electrons. The van der Waals surface area contributed by atoms with Crippen molar-refractivity contribution in [3.05, 3.63) is 45.5 Å². The molecule has 11 heteroatoms. The first-order chi connectivity index (χ1) is 11.6. The number of hydrogen-bond donors (Lipinski definition) is 3. The third kappa shape index (κ3) is 2.06. The highest BCUT2D eigenvalue weighted by molar-refractivity contribution is 6.53. The zero-order valence-electron chi connectivity index (χ0n) is 11.8. The molecule has 3 rings (SSSR count). The molecule has 1 aliphatic rings. The van der Waals surface area contributed by atoms with Gasteiger partial charge in [-0.2, -0.15) is 0 Å². The Morgan fingerprint density at radius 2 is 1.60 bits per heavy atom. The van der Waals surface area contributed by atoms with Crippen LogP contribution in [0, 0.1) is 5.21 Å². The first kappa shape index (κ1) is 15.9. The Balaban J connectivity index is 2.50. The zero-order valence-corrected chi connectivity index (χ0v) is 11.8.